The average Bonchev–Trinajstić information content (AvgIpc) is 3.39. The summed E-state index contributed by atoms with van der Waals surface area (Å²) in [4.78, 5) is 28.5. The summed E-state index contributed by atoms with van der Waals surface area (Å²) in [5.74, 6) is -0.0191. The van der Waals surface area contributed by atoms with Gasteiger partial charge >= 0.3 is 6.03 Å². The highest BCUT2D eigenvalue weighted by Gasteiger charge is 2.40. The van der Waals surface area contributed by atoms with Crippen LogP contribution in [0.4, 0.5) is 21.9 Å². The van der Waals surface area contributed by atoms with Gasteiger partial charge in [0.15, 0.2) is 0 Å². The fraction of sp³-hybridized carbons (Fsp3) is 0.222. The van der Waals surface area contributed by atoms with E-state index in [2.05, 4.69) is 5.32 Å². The van der Waals surface area contributed by atoms with E-state index in [1.807, 2.05) is 59.5 Å². The maximum Gasteiger partial charge on any atom is 0.326 e. The lowest BCUT2D eigenvalue weighted by Crippen LogP contribution is -2.50. The fourth-order valence-electron chi connectivity index (χ4n) is 2.95. The Balaban J connectivity index is 1.65. The third-order valence-electron chi connectivity index (χ3n) is 4.18. The highest BCUT2D eigenvalue weighted by molar-refractivity contribution is 6.14. The van der Waals surface area contributed by atoms with E-state index in [1.54, 1.807) is 0 Å². The summed E-state index contributed by atoms with van der Waals surface area (Å²) in [7, 11) is 0. The molecule has 1 aliphatic heterocycles. The molecule has 1 fully saturated rings. The number of hydrogen-bond donors (Lipinski definition) is 1. The second-order valence-electron chi connectivity index (χ2n) is 5.87. The van der Waals surface area contributed by atoms with Gasteiger partial charge in [-0.2, -0.15) is 0 Å². The van der Waals surface area contributed by atoms with Crippen LogP contribution in [0.25, 0.3) is 0 Å². The molecule has 23 heavy (non-hydrogen) atoms. The van der Waals surface area contributed by atoms with Crippen molar-refractivity contribution in [2.75, 3.05) is 21.7 Å². The van der Waals surface area contributed by atoms with Gasteiger partial charge < -0.3 is 10.2 Å². The minimum atomic E-state index is -0.285. The number of rotatable bonds is 2. The molecule has 1 N–H and O–H groups in total. The van der Waals surface area contributed by atoms with Crippen molar-refractivity contribution in [3.63, 3.8) is 0 Å². The molecule has 5 nitrogen and oxygen atoms in total. The van der Waals surface area contributed by atoms with E-state index >= 15 is 0 Å². The van der Waals surface area contributed by atoms with E-state index in [0.29, 0.717) is 11.7 Å². The molecule has 116 valence electrons. The molecule has 1 heterocycles. The Hall–Kier alpha value is -2.82. The first kappa shape index (κ1) is 13.8. The lowest BCUT2D eigenvalue weighted by Gasteiger charge is -2.36. The molecule has 0 bridgehead atoms. The number of fused-ring (bicyclic) bond motifs is 1. The fourth-order valence-corrected chi connectivity index (χ4v) is 2.95. The number of nitrogens with one attached hydrogen (secondary N) is 1. The van der Waals surface area contributed by atoms with Crippen molar-refractivity contribution < 1.29 is 9.59 Å². The van der Waals surface area contributed by atoms with Crippen molar-refractivity contribution in [1.82, 2.24) is 0 Å². The summed E-state index contributed by atoms with van der Waals surface area (Å²) < 4.78 is 0. The van der Waals surface area contributed by atoms with Gasteiger partial charge in [0.1, 0.15) is 6.54 Å². The molecule has 1 aliphatic carbocycles. The molecule has 0 atom stereocenters. The third kappa shape index (κ3) is 2.54. The molecule has 0 saturated heterocycles. The lowest BCUT2D eigenvalue weighted by atomic mass is 10.1. The monoisotopic (exact) mass is 307 g/mol. The van der Waals surface area contributed by atoms with Gasteiger partial charge in [0.2, 0.25) is 5.91 Å². The van der Waals surface area contributed by atoms with Gasteiger partial charge in [-0.3, -0.25) is 9.69 Å². The van der Waals surface area contributed by atoms with E-state index in [4.69, 9.17) is 0 Å². The van der Waals surface area contributed by atoms with Gasteiger partial charge in [-0.25, -0.2) is 4.79 Å². The van der Waals surface area contributed by atoms with Gasteiger partial charge in [-0.1, -0.05) is 30.3 Å². The van der Waals surface area contributed by atoms with Gasteiger partial charge in [-0.05, 0) is 37.1 Å². The number of amides is 3. The number of para-hydroxylation sites is 3. The first-order valence-electron chi connectivity index (χ1n) is 7.79. The van der Waals surface area contributed by atoms with Crippen molar-refractivity contribution in [3.8, 4) is 0 Å². The smallest absolute Gasteiger partial charge is 0.308 e. The van der Waals surface area contributed by atoms with E-state index in [1.165, 1.54) is 4.90 Å². The molecular weight excluding hydrogens is 290 g/mol. The van der Waals surface area contributed by atoms with Crippen LogP contribution in [0.3, 0.4) is 0 Å². The number of nitrogens with zero attached hydrogens (tertiary/aromatic N) is 2. The summed E-state index contributed by atoms with van der Waals surface area (Å²) in [5, 5.41) is 2.85. The Morgan fingerprint density at radius 1 is 0.957 bits per heavy atom. The molecule has 0 unspecified atom stereocenters. The molecule has 0 radical (unpaired) electrons. The van der Waals surface area contributed by atoms with E-state index in [-0.39, 0.29) is 18.5 Å². The van der Waals surface area contributed by atoms with E-state index in [0.717, 1.165) is 24.2 Å². The molecule has 1 saturated carbocycles. The second kappa shape index (κ2) is 5.43. The first-order valence-corrected chi connectivity index (χ1v) is 7.79. The molecule has 3 amide bonds. The minimum absolute atomic E-state index is 0.0191. The molecule has 0 spiro atoms. The summed E-state index contributed by atoms with van der Waals surface area (Å²) in [6.07, 6.45) is 2.08. The van der Waals surface area contributed by atoms with Gasteiger partial charge in [0, 0.05) is 11.7 Å². The van der Waals surface area contributed by atoms with Crippen molar-refractivity contribution in [2.24, 2.45) is 0 Å². The molecular formula is C18H17N3O2. The Morgan fingerprint density at radius 2 is 1.61 bits per heavy atom. The second-order valence-corrected chi connectivity index (χ2v) is 5.87. The molecule has 2 aromatic rings. The largest absolute Gasteiger partial charge is 0.326 e. The normalized spacial score (nSPS) is 17.0. The maximum atomic E-state index is 12.6. The van der Waals surface area contributed by atoms with Gasteiger partial charge in [0.25, 0.3) is 0 Å². The van der Waals surface area contributed by atoms with Crippen LogP contribution in [-0.4, -0.2) is 24.5 Å². The highest BCUT2D eigenvalue weighted by atomic mass is 16.2. The quantitative estimate of drug-likeness (QED) is 0.926. The lowest BCUT2D eigenvalue weighted by molar-refractivity contribution is -0.117. The van der Waals surface area contributed by atoms with E-state index < -0.39 is 0 Å². The zero-order valence-corrected chi connectivity index (χ0v) is 12.6. The number of anilines is 3. The minimum Gasteiger partial charge on any atom is -0.308 e. The highest BCUT2D eigenvalue weighted by Crippen LogP contribution is 2.40. The summed E-state index contributed by atoms with van der Waals surface area (Å²) >= 11 is 0. The van der Waals surface area contributed by atoms with Crippen molar-refractivity contribution in [3.05, 3.63) is 54.6 Å². The maximum absolute atomic E-state index is 12.6. The molecule has 2 aromatic carbocycles. The van der Waals surface area contributed by atoms with E-state index in [9.17, 15) is 9.59 Å². The number of benzene rings is 2. The number of carbonyl (C=O) groups excluding carboxylic acids is 2. The number of carbonyl (C=O) groups is 2. The van der Waals surface area contributed by atoms with Crippen LogP contribution in [0, 0.1) is 0 Å². The topological polar surface area (TPSA) is 52.7 Å². The summed E-state index contributed by atoms with van der Waals surface area (Å²) in [6.45, 7) is 0.0756. The Labute approximate surface area is 134 Å². The molecule has 0 aromatic heterocycles. The van der Waals surface area contributed by atoms with Crippen LogP contribution in [0.15, 0.2) is 54.6 Å². The molecule has 5 heteroatoms. The van der Waals surface area contributed by atoms with Crippen LogP contribution in [0.1, 0.15) is 12.8 Å². The SMILES string of the molecule is O=C(Nc1ccccc1)N1CC(=O)N(C2CC2)c2ccccc21. The van der Waals surface area contributed by atoms with Gasteiger partial charge in [-0.15, -0.1) is 0 Å². The summed E-state index contributed by atoms with van der Waals surface area (Å²) in [6, 6.07) is 16.9. The molecule has 4 rings (SSSR count). The zero-order valence-electron chi connectivity index (χ0n) is 12.6. The summed E-state index contributed by atoms with van der Waals surface area (Å²) in [5.41, 5.74) is 2.33. The Kier molecular flexibility index (Phi) is 3.26. The van der Waals surface area contributed by atoms with Crippen molar-refractivity contribution in [2.45, 2.75) is 18.9 Å². The van der Waals surface area contributed by atoms with Crippen LogP contribution < -0.4 is 15.1 Å². The average molecular weight is 307 g/mol. The van der Waals surface area contributed by atoms with Crippen LogP contribution in [-0.2, 0) is 4.79 Å². The van der Waals surface area contributed by atoms with Crippen molar-refractivity contribution >= 4 is 29.0 Å². The Bertz CT molecular complexity index is 756. The molecule has 2 aliphatic rings. The van der Waals surface area contributed by atoms with Crippen LogP contribution in [0.5, 0.6) is 0 Å². The van der Waals surface area contributed by atoms with Gasteiger partial charge in [0.05, 0.1) is 11.4 Å². The standard InChI is InChI=1S/C18H17N3O2/c22-17-12-20(18(23)19-13-6-2-1-3-7-13)15-8-4-5-9-16(15)21(17)14-10-11-14/h1-9,14H,10-12H2,(H,19,23). The Morgan fingerprint density at radius 3 is 2.30 bits per heavy atom. The van der Waals surface area contributed by atoms with Crippen molar-refractivity contribution in [1.29, 1.82) is 0 Å². The number of hydrogen-bond acceptors (Lipinski definition) is 2. The predicted octanol–water partition coefficient (Wildman–Crippen LogP) is 3.23. The number of urea groups is 1. The zero-order chi connectivity index (χ0) is 15.8. The third-order valence-corrected chi connectivity index (χ3v) is 4.18. The predicted molar refractivity (Wildman–Crippen MR) is 89.8 cm³/mol. The van der Waals surface area contributed by atoms with Crippen LogP contribution >= 0.6 is 0 Å². The first-order chi connectivity index (χ1) is 11.2. The van der Waals surface area contributed by atoms with Crippen LogP contribution in [0.2, 0.25) is 0 Å².